The molecule has 0 radical (unpaired) electrons. The molecule has 0 spiro atoms. The zero-order valence-electron chi connectivity index (χ0n) is 15.1. The van der Waals surface area contributed by atoms with Gasteiger partial charge in [0.15, 0.2) is 0 Å². The van der Waals surface area contributed by atoms with Gasteiger partial charge in [-0.1, -0.05) is 19.0 Å². The Labute approximate surface area is 148 Å². The normalized spacial score (nSPS) is 18.2. The lowest BCUT2D eigenvalue weighted by Gasteiger charge is -2.23. The van der Waals surface area contributed by atoms with E-state index in [0.717, 1.165) is 25.1 Å². The fourth-order valence-corrected chi connectivity index (χ4v) is 3.11. The van der Waals surface area contributed by atoms with Gasteiger partial charge in [0.05, 0.1) is 12.6 Å². The lowest BCUT2D eigenvalue weighted by molar-refractivity contribution is 0.144. The molecule has 136 valence electrons. The summed E-state index contributed by atoms with van der Waals surface area (Å²) in [5.74, 6) is 2.46. The molecule has 2 aromatic heterocycles. The zero-order valence-corrected chi connectivity index (χ0v) is 15.1. The van der Waals surface area contributed by atoms with Crippen LogP contribution in [0, 0.1) is 5.92 Å². The molecule has 0 unspecified atom stereocenters. The summed E-state index contributed by atoms with van der Waals surface area (Å²) in [5, 5.41) is 4.14. The Morgan fingerprint density at radius 3 is 2.92 bits per heavy atom. The first-order chi connectivity index (χ1) is 12.2. The maximum Gasteiger partial charge on any atom is 0.244 e. The van der Waals surface area contributed by atoms with Gasteiger partial charge in [0, 0.05) is 31.5 Å². The van der Waals surface area contributed by atoms with Crippen LogP contribution in [-0.4, -0.2) is 53.4 Å². The molecule has 7 heteroatoms. The summed E-state index contributed by atoms with van der Waals surface area (Å²) in [6, 6.07) is 3.93. The van der Waals surface area contributed by atoms with Crippen LogP contribution in [0.1, 0.15) is 38.6 Å². The largest absolute Gasteiger partial charge is 0.475 e. The van der Waals surface area contributed by atoms with Crippen LogP contribution >= 0.6 is 0 Å². The SMILES string of the molecule is COCCOc1ccc(-c2noc([C@@H]3CCCN3CC(C)C)n2)cn1. The number of rotatable bonds is 8. The summed E-state index contributed by atoms with van der Waals surface area (Å²) in [5.41, 5.74) is 0.822. The molecule has 1 aliphatic heterocycles. The highest BCUT2D eigenvalue weighted by Gasteiger charge is 2.31. The highest BCUT2D eigenvalue weighted by atomic mass is 16.5. The van der Waals surface area contributed by atoms with E-state index < -0.39 is 0 Å². The first-order valence-electron chi connectivity index (χ1n) is 8.83. The van der Waals surface area contributed by atoms with Gasteiger partial charge in [0.1, 0.15) is 6.61 Å². The molecule has 3 rings (SSSR count). The average Bonchev–Trinajstić information content (AvgIpc) is 3.24. The maximum atomic E-state index is 5.55. The van der Waals surface area contributed by atoms with Gasteiger partial charge in [-0.3, -0.25) is 4.90 Å². The van der Waals surface area contributed by atoms with Gasteiger partial charge in [-0.15, -0.1) is 0 Å². The first-order valence-corrected chi connectivity index (χ1v) is 8.83. The molecule has 0 aliphatic carbocycles. The number of nitrogens with zero attached hydrogens (tertiary/aromatic N) is 4. The van der Waals surface area contributed by atoms with Crippen LogP contribution in [0.4, 0.5) is 0 Å². The van der Waals surface area contributed by atoms with Crippen LogP contribution in [0.5, 0.6) is 5.88 Å². The fraction of sp³-hybridized carbons (Fsp3) is 0.611. The highest BCUT2D eigenvalue weighted by Crippen LogP contribution is 2.32. The molecule has 0 aromatic carbocycles. The topological polar surface area (TPSA) is 73.5 Å². The van der Waals surface area contributed by atoms with Crippen molar-refractivity contribution in [1.82, 2.24) is 20.0 Å². The summed E-state index contributed by atoms with van der Waals surface area (Å²) in [7, 11) is 1.64. The van der Waals surface area contributed by atoms with Crippen LogP contribution in [-0.2, 0) is 4.74 Å². The van der Waals surface area contributed by atoms with Crippen molar-refractivity contribution < 1.29 is 14.0 Å². The van der Waals surface area contributed by atoms with Crippen molar-refractivity contribution in [1.29, 1.82) is 0 Å². The summed E-state index contributed by atoms with van der Waals surface area (Å²) in [6.07, 6.45) is 3.94. The van der Waals surface area contributed by atoms with Crippen molar-refractivity contribution in [3.05, 3.63) is 24.2 Å². The quantitative estimate of drug-likeness (QED) is 0.680. The van der Waals surface area contributed by atoms with Crippen molar-refractivity contribution >= 4 is 0 Å². The van der Waals surface area contributed by atoms with Gasteiger partial charge in [-0.25, -0.2) is 4.98 Å². The third kappa shape index (κ3) is 4.55. The fourth-order valence-electron chi connectivity index (χ4n) is 3.11. The molecule has 1 atom stereocenters. The summed E-state index contributed by atoms with van der Waals surface area (Å²) in [4.78, 5) is 11.3. The van der Waals surface area contributed by atoms with Crippen molar-refractivity contribution in [2.24, 2.45) is 5.92 Å². The monoisotopic (exact) mass is 346 g/mol. The smallest absolute Gasteiger partial charge is 0.244 e. The number of pyridine rings is 1. The second-order valence-corrected chi connectivity index (χ2v) is 6.73. The van der Waals surface area contributed by atoms with Crippen molar-refractivity contribution in [2.75, 3.05) is 33.4 Å². The van der Waals surface area contributed by atoms with E-state index in [4.69, 9.17) is 14.0 Å². The van der Waals surface area contributed by atoms with Gasteiger partial charge in [0.25, 0.3) is 0 Å². The number of aromatic nitrogens is 3. The number of likely N-dealkylation sites (tertiary alicyclic amines) is 1. The van der Waals surface area contributed by atoms with E-state index in [9.17, 15) is 0 Å². The van der Waals surface area contributed by atoms with E-state index >= 15 is 0 Å². The molecule has 0 saturated carbocycles. The summed E-state index contributed by atoms with van der Waals surface area (Å²) < 4.78 is 16.0. The molecule has 0 bridgehead atoms. The molecular weight excluding hydrogens is 320 g/mol. The first kappa shape index (κ1) is 17.8. The molecule has 1 aliphatic rings. The van der Waals surface area contributed by atoms with E-state index in [1.165, 1.54) is 6.42 Å². The molecule has 3 heterocycles. The lowest BCUT2D eigenvalue weighted by Crippen LogP contribution is -2.27. The predicted molar refractivity (Wildman–Crippen MR) is 93.3 cm³/mol. The van der Waals surface area contributed by atoms with E-state index in [0.29, 0.717) is 36.7 Å². The minimum Gasteiger partial charge on any atom is -0.475 e. The van der Waals surface area contributed by atoms with Gasteiger partial charge >= 0.3 is 0 Å². The van der Waals surface area contributed by atoms with E-state index in [-0.39, 0.29) is 6.04 Å². The maximum absolute atomic E-state index is 5.55. The molecule has 1 fully saturated rings. The predicted octanol–water partition coefficient (Wildman–Crippen LogP) is 2.95. The van der Waals surface area contributed by atoms with Crippen LogP contribution in [0.25, 0.3) is 11.4 Å². The van der Waals surface area contributed by atoms with Gasteiger partial charge in [-0.2, -0.15) is 4.98 Å². The van der Waals surface area contributed by atoms with Crippen LogP contribution < -0.4 is 4.74 Å². The standard InChI is InChI=1S/C18H26N4O3/c1-13(2)12-22-8-4-5-15(22)18-20-17(21-25-18)14-6-7-16(19-11-14)24-10-9-23-3/h6-7,11,13,15H,4-5,8-10,12H2,1-3H3/t15-/m0/s1. The van der Waals surface area contributed by atoms with E-state index in [1.807, 2.05) is 12.1 Å². The molecule has 0 N–H and O–H groups in total. The number of ether oxygens (including phenoxy) is 2. The van der Waals surface area contributed by atoms with Gasteiger partial charge in [0.2, 0.25) is 17.6 Å². The Hall–Kier alpha value is -1.99. The third-order valence-electron chi connectivity index (χ3n) is 4.22. The van der Waals surface area contributed by atoms with Crippen LogP contribution in [0.3, 0.4) is 0 Å². The average molecular weight is 346 g/mol. The minimum atomic E-state index is 0.230. The Bertz CT molecular complexity index is 657. The van der Waals surface area contributed by atoms with E-state index in [1.54, 1.807) is 13.3 Å². The van der Waals surface area contributed by atoms with Gasteiger partial charge < -0.3 is 14.0 Å². The number of methoxy groups -OCH3 is 1. The number of hydrogen-bond acceptors (Lipinski definition) is 7. The molecule has 25 heavy (non-hydrogen) atoms. The molecule has 7 nitrogen and oxygen atoms in total. The Kier molecular flexibility index (Phi) is 5.99. The lowest BCUT2D eigenvalue weighted by atomic mass is 10.1. The van der Waals surface area contributed by atoms with E-state index in [2.05, 4.69) is 33.9 Å². The minimum absolute atomic E-state index is 0.230. The Morgan fingerprint density at radius 1 is 1.32 bits per heavy atom. The zero-order chi connectivity index (χ0) is 17.6. The van der Waals surface area contributed by atoms with Crippen molar-refractivity contribution in [3.63, 3.8) is 0 Å². The molecule has 0 amide bonds. The van der Waals surface area contributed by atoms with Crippen LogP contribution in [0.15, 0.2) is 22.9 Å². The van der Waals surface area contributed by atoms with Gasteiger partial charge in [-0.05, 0) is 31.4 Å². The summed E-state index contributed by atoms with van der Waals surface area (Å²) in [6.45, 7) is 7.62. The van der Waals surface area contributed by atoms with Crippen molar-refractivity contribution in [3.8, 4) is 17.3 Å². The van der Waals surface area contributed by atoms with Crippen LogP contribution in [0.2, 0.25) is 0 Å². The second-order valence-electron chi connectivity index (χ2n) is 6.73. The molecule has 1 saturated heterocycles. The molecular formula is C18H26N4O3. The highest BCUT2D eigenvalue weighted by molar-refractivity contribution is 5.53. The Morgan fingerprint density at radius 2 is 2.20 bits per heavy atom. The number of hydrogen-bond donors (Lipinski definition) is 0. The molecule has 2 aromatic rings. The second kappa shape index (κ2) is 8.40. The summed E-state index contributed by atoms with van der Waals surface area (Å²) >= 11 is 0. The Balaban J connectivity index is 1.66. The van der Waals surface area contributed by atoms with Crippen molar-refractivity contribution in [2.45, 2.75) is 32.7 Å². The third-order valence-corrected chi connectivity index (χ3v) is 4.22.